The molecule has 0 radical (unpaired) electrons. The molecule has 0 aliphatic rings. The van der Waals surface area contributed by atoms with E-state index in [4.69, 9.17) is 0 Å². The normalized spacial score (nSPS) is 10.6. The van der Waals surface area contributed by atoms with Gasteiger partial charge in [-0.2, -0.15) is 0 Å². The summed E-state index contributed by atoms with van der Waals surface area (Å²) in [5.41, 5.74) is 4.96. The number of hydrogen-bond acceptors (Lipinski definition) is 2. The Balaban J connectivity index is 1.43. The Labute approximate surface area is 152 Å². The Morgan fingerprint density at radius 1 is 0.808 bits per heavy atom. The number of rotatable bonds is 4. The van der Waals surface area contributed by atoms with Crippen LogP contribution in [0.1, 0.15) is 15.9 Å². The van der Waals surface area contributed by atoms with Crippen LogP contribution in [0.5, 0.6) is 0 Å². The Morgan fingerprint density at radius 2 is 1.58 bits per heavy atom. The molecule has 3 nitrogen and oxygen atoms in total. The molecule has 26 heavy (non-hydrogen) atoms. The highest BCUT2D eigenvalue weighted by atomic mass is 16.1. The summed E-state index contributed by atoms with van der Waals surface area (Å²) in [6, 6.07) is 27.9. The highest BCUT2D eigenvalue weighted by Crippen LogP contribution is 2.19. The predicted molar refractivity (Wildman–Crippen MR) is 105 cm³/mol. The zero-order valence-electron chi connectivity index (χ0n) is 14.2. The van der Waals surface area contributed by atoms with Crippen LogP contribution in [0.15, 0.2) is 91.1 Å². The van der Waals surface area contributed by atoms with Crippen LogP contribution >= 0.6 is 0 Å². The molecule has 4 rings (SSSR count). The second-order valence-electron chi connectivity index (χ2n) is 6.16. The first kappa shape index (κ1) is 16.0. The Hall–Kier alpha value is -3.46. The summed E-state index contributed by atoms with van der Waals surface area (Å²) >= 11 is 0. The second-order valence-corrected chi connectivity index (χ2v) is 6.16. The maximum Gasteiger partial charge on any atom is 0.251 e. The number of amides is 1. The van der Waals surface area contributed by atoms with E-state index in [1.54, 1.807) is 6.20 Å². The minimum atomic E-state index is -0.0807. The molecule has 1 amide bonds. The topological polar surface area (TPSA) is 42.0 Å². The number of aromatic nitrogens is 1. The first-order valence-electron chi connectivity index (χ1n) is 8.57. The van der Waals surface area contributed by atoms with Crippen LogP contribution < -0.4 is 5.32 Å². The van der Waals surface area contributed by atoms with Crippen LogP contribution in [-0.4, -0.2) is 10.9 Å². The van der Waals surface area contributed by atoms with E-state index in [0.29, 0.717) is 12.1 Å². The van der Waals surface area contributed by atoms with Crippen LogP contribution in [0.25, 0.3) is 22.0 Å². The molecule has 3 aromatic carbocycles. The van der Waals surface area contributed by atoms with Crippen molar-refractivity contribution in [3.63, 3.8) is 0 Å². The largest absolute Gasteiger partial charge is 0.348 e. The fourth-order valence-electron chi connectivity index (χ4n) is 2.95. The van der Waals surface area contributed by atoms with Crippen LogP contribution in [0, 0.1) is 0 Å². The molecule has 1 N–H and O–H groups in total. The quantitative estimate of drug-likeness (QED) is 0.579. The number of nitrogens with one attached hydrogen (secondary N) is 1. The number of benzene rings is 3. The lowest BCUT2D eigenvalue weighted by Gasteiger charge is -2.08. The van der Waals surface area contributed by atoms with Crippen molar-refractivity contribution in [3.8, 4) is 11.1 Å². The number of carbonyl (C=O) groups is 1. The Kier molecular flexibility index (Phi) is 4.44. The third-order valence-electron chi connectivity index (χ3n) is 4.38. The van der Waals surface area contributed by atoms with Crippen molar-refractivity contribution in [2.45, 2.75) is 6.54 Å². The predicted octanol–water partition coefficient (Wildman–Crippen LogP) is 4.83. The van der Waals surface area contributed by atoms with Gasteiger partial charge >= 0.3 is 0 Å². The van der Waals surface area contributed by atoms with Crippen molar-refractivity contribution < 1.29 is 4.79 Å². The lowest BCUT2D eigenvalue weighted by atomic mass is 10.0. The summed E-state index contributed by atoms with van der Waals surface area (Å²) in [5, 5.41) is 3.94. The third-order valence-corrected chi connectivity index (χ3v) is 4.38. The maximum atomic E-state index is 12.4. The van der Waals surface area contributed by atoms with E-state index in [1.165, 1.54) is 11.1 Å². The average molecular weight is 338 g/mol. The second kappa shape index (κ2) is 7.19. The minimum absolute atomic E-state index is 0.0807. The standard InChI is InChI=1S/C23H18N2O/c26-23(21-12-13-22-20(15-21)7-4-14-24-22)25-16-17-8-10-19(11-9-17)18-5-2-1-3-6-18/h1-15H,16H2,(H,25,26). The van der Waals surface area contributed by atoms with Gasteiger partial charge in [-0.25, -0.2) is 0 Å². The SMILES string of the molecule is O=C(NCc1ccc(-c2ccccc2)cc1)c1ccc2ncccc2c1. The van der Waals surface area contributed by atoms with E-state index in [-0.39, 0.29) is 5.91 Å². The summed E-state index contributed by atoms with van der Waals surface area (Å²) in [5.74, 6) is -0.0807. The monoisotopic (exact) mass is 338 g/mol. The number of pyridine rings is 1. The van der Waals surface area contributed by atoms with Crippen LogP contribution in [0.4, 0.5) is 0 Å². The number of fused-ring (bicyclic) bond motifs is 1. The van der Waals surface area contributed by atoms with Crippen molar-refractivity contribution in [2.24, 2.45) is 0 Å². The van der Waals surface area contributed by atoms with E-state index in [1.807, 2.05) is 60.7 Å². The molecule has 3 heteroatoms. The maximum absolute atomic E-state index is 12.4. The van der Waals surface area contributed by atoms with Crippen LogP contribution in [0.3, 0.4) is 0 Å². The van der Waals surface area contributed by atoms with Crippen LogP contribution in [-0.2, 0) is 6.54 Å². The van der Waals surface area contributed by atoms with E-state index in [9.17, 15) is 4.79 Å². The smallest absolute Gasteiger partial charge is 0.251 e. The number of hydrogen-bond donors (Lipinski definition) is 1. The van der Waals surface area contributed by atoms with Gasteiger partial charge in [0.15, 0.2) is 0 Å². The molecular weight excluding hydrogens is 320 g/mol. The lowest BCUT2D eigenvalue weighted by Crippen LogP contribution is -2.22. The number of nitrogens with zero attached hydrogens (tertiary/aromatic N) is 1. The fraction of sp³-hybridized carbons (Fsp3) is 0.0435. The highest BCUT2D eigenvalue weighted by Gasteiger charge is 2.06. The van der Waals surface area contributed by atoms with Crippen molar-refractivity contribution >= 4 is 16.8 Å². The summed E-state index contributed by atoms with van der Waals surface area (Å²) in [4.78, 5) is 16.7. The van der Waals surface area contributed by atoms with Crippen molar-refractivity contribution in [2.75, 3.05) is 0 Å². The van der Waals surface area contributed by atoms with Gasteiger partial charge in [0, 0.05) is 23.7 Å². The van der Waals surface area contributed by atoms with E-state index >= 15 is 0 Å². The van der Waals surface area contributed by atoms with Crippen molar-refractivity contribution in [1.82, 2.24) is 10.3 Å². The molecule has 1 heterocycles. The summed E-state index contributed by atoms with van der Waals surface area (Å²) in [6.45, 7) is 0.499. The third kappa shape index (κ3) is 3.47. The molecule has 4 aromatic rings. The van der Waals surface area contributed by atoms with Crippen molar-refractivity contribution in [3.05, 3.63) is 102 Å². The zero-order valence-corrected chi connectivity index (χ0v) is 14.2. The highest BCUT2D eigenvalue weighted by molar-refractivity contribution is 5.97. The van der Waals surface area contributed by atoms with Gasteiger partial charge in [0.1, 0.15) is 0 Å². The van der Waals surface area contributed by atoms with Gasteiger partial charge in [0.25, 0.3) is 5.91 Å². The molecule has 0 bridgehead atoms. The fourth-order valence-corrected chi connectivity index (χ4v) is 2.95. The number of carbonyl (C=O) groups excluding carboxylic acids is 1. The molecule has 0 aliphatic heterocycles. The summed E-state index contributed by atoms with van der Waals surface area (Å²) in [6.07, 6.45) is 1.75. The molecule has 0 fully saturated rings. The lowest BCUT2D eigenvalue weighted by molar-refractivity contribution is 0.0951. The Morgan fingerprint density at radius 3 is 2.38 bits per heavy atom. The van der Waals surface area contributed by atoms with Gasteiger partial charge in [-0.05, 0) is 41.0 Å². The molecule has 0 aliphatic carbocycles. The molecule has 0 unspecified atom stereocenters. The van der Waals surface area contributed by atoms with E-state index in [2.05, 4.69) is 34.6 Å². The molecule has 126 valence electrons. The molecule has 0 saturated carbocycles. The first-order valence-corrected chi connectivity index (χ1v) is 8.57. The van der Waals surface area contributed by atoms with E-state index in [0.717, 1.165) is 16.5 Å². The average Bonchev–Trinajstić information content (AvgIpc) is 2.72. The zero-order chi connectivity index (χ0) is 17.8. The van der Waals surface area contributed by atoms with Gasteiger partial charge in [-0.15, -0.1) is 0 Å². The van der Waals surface area contributed by atoms with Gasteiger partial charge in [0.2, 0.25) is 0 Å². The van der Waals surface area contributed by atoms with Gasteiger partial charge in [-0.1, -0.05) is 60.7 Å². The summed E-state index contributed by atoms with van der Waals surface area (Å²) < 4.78 is 0. The molecule has 0 atom stereocenters. The van der Waals surface area contributed by atoms with Gasteiger partial charge < -0.3 is 5.32 Å². The molecule has 1 aromatic heterocycles. The molecule has 0 spiro atoms. The van der Waals surface area contributed by atoms with Gasteiger partial charge in [-0.3, -0.25) is 9.78 Å². The van der Waals surface area contributed by atoms with Crippen molar-refractivity contribution in [1.29, 1.82) is 0 Å². The molecule has 0 saturated heterocycles. The first-order chi connectivity index (χ1) is 12.8. The molecular formula is C23H18N2O. The van der Waals surface area contributed by atoms with Gasteiger partial charge in [0.05, 0.1) is 5.52 Å². The minimum Gasteiger partial charge on any atom is -0.348 e. The van der Waals surface area contributed by atoms with E-state index < -0.39 is 0 Å². The summed E-state index contributed by atoms with van der Waals surface area (Å²) in [7, 11) is 0. The Bertz CT molecular complexity index is 1040. The van der Waals surface area contributed by atoms with Crippen LogP contribution in [0.2, 0.25) is 0 Å².